The van der Waals surface area contributed by atoms with E-state index in [0.29, 0.717) is 25.3 Å². The van der Waals surface area contributed by atoms with Gasteiger partial charge in [0.05, 0.1) is 17.2 Å². The maximum Gasteiger partial charge on any atom is 0.274 e. The number of furan rings is 1. The fourth-order valence-corrected chi connectivity index (χ4v) is 2.75. The topological polar surface area (TPSA) is 83.6 Å². The van der Waals surface area contributed by atoms with Gasteiger partial charge in [-0.2, -0.15) is 11.8 Å². The summed E-state index contributed by atoms with van der Waals surface area (Å²) in [6, 6.07) is 3.98. The van der Waals surface area contributed by atoms with Crippen molar-refractivity contribution in [3.8, 4) is 12.3 Å². The van der Waals surface area contributed by atoms with Crippen molar-refractivity contribution in [3.63, 3.8) is 0 Å². The molecule has 0 saturated carbocycles. The second-order valence-corrected chi connectivity index (χ2v) is 6.75. The second kappa shape index (κ2) is 12.3. The molecule has 1 rings (SSSR count). The zero-order valence-electron chi connectivity index (χ0n) is 14.8. The SMILES string of the molecule is C#CCCCNC(=C[N+](=O)[O-])NCCSCc1ccc(CN(C)C)o1. The third-order valence-corrected chi connectivity index (χ3v) is 4.02. The number of hydrogen-bond donors (Lipinski definition) is 2. The summed E-state index contributed by atoms with van der Waals surface area (Å²) in [4.78, 5) is 12.2. The zero-order valence-corrected chi connectivity index (χ0v) is 15.6. The third kappa shape index (κ3) is 10.4. The lowest BCUT2D eigenvalue weighted by atomic mass is 10.3. The minimum absolute atomic E-state index is 0.411. The molecule has 0 fully saturated rings. The predicted octanol–water partition coefficient (Wildman–Crippen LogP) is 2.24. The first kappa shape index (κ1) is 20.9. The molecule has 0 saturated heterocycles. The van der Waals surface area contributed by atoms with Crippen molar-refractivity contribution in [3.05, 3.63) is 45.8 Å². The largest absolute Gasteiger partial charge is 0.464 e. The Bertz CT molecular complexity index is 593. The molecule has 138 valence electrons. The van der Waals surface area contributed by atoms with Gasteiger partial charge < -0.3 is 20.0 Å². The summed E-state index contributed by atoms with van der Waals surface area (Å²) in [5.74, 6) is 6.43. The van der Waals surface area contributed by atoms with Gasteiger partial charge in [0.1, 0.15) is 11.5 Å². The number of thioether (sulfide) groups is 1. The number of hydrogen-bond acceptors (Lipinski definition) is 7. The van der Waals surface area contributed by atoms with Crippen LogP contribution in [0.25, 0.3) is 0 Å². The smallest absolute Gasteiger partial charge is 0.274 e. The Kier molecular flexibility index (Phi) is 10.3. The van der Waals surface area contributed by atoms with Gasteiger partial charge in [0.2, 0.25) is 0 Å². The van der Waals surface area contributed by atoms with Crippen LogP contribution in [0.4, 0.5) is 0 Å². The van der Waals surface area contributed by atoms with Crippen molar-refractivity contribution in [2.75, 3.05) is 32.9 Å². The van der Waals surface area contributed by atoms with Gasteiger partial charge in [0, 0.05) is 25.3 Å². The summed E-state index contributed by atoms with van der Waals surface area (Å²) in [5.41, 5.74) is 0. The Morgan fingerprint density at radius 1 is 1.40 bits per heavy atom. The molecule has 1 aromatic rings. The zero-order chi connectivity index (χ0) is 18.5. The molecule has 0 aliphatic rings. The Balaban J connectivity index is 2.25. The molecule has 0 atom stereocenters. The average molecular weight is 366 g/mol. The number of terminal acetylenes is 1. The Labute approximate surface area is 153 Å². The highest BCUT2D eigenvalue weighted by atomic mass is 32.2. The summed E-state index contributed by atoms with van der Waals surface area (Å²) in [7, 11) is 4.00. The number of nitro groups is 1. The van der Waals surface area contributed by atoms with Crippen molar-refractivity contribution in [2.24, 2.45) is 0 Å². The van der Waals surface area contributed by atoms with Gasteiger partial charge in [-0.05, 0) is 32.6 Å². The summed E-state index contributed by atoms with van der Waals surface area (Å²) in [6.45, 7) is 2.01. The van der Waals surface area contributed by atoms with E-state index in [1.54, 1.807) is 11.8 Å². The van der Waals surface area contributed by atoms with Gasteiger partial charge in [-0.1, -0.05) is 0 Å². The number of nitrogens with zero attached hydrogens (tertiary/aromatic N) is 2. The molecule has 1 heterocycles. The standard InChI is InChI=1S/C17H26N4O3S/c1-4-5-6-9-18-17(13-21(22)23)19-10-11-25-14-16-8-7-15(24-16)12-20(2)3/h1,7-8,13,18-19H,5-6,9-12,14H2,2-3H3. The van der Waals surface area contributed by atoms with Crippen LogP contribution in [-0.2, 0) is 12.3 Å². The highest BCUT2D eigenvalue weighted by molar-refractivity contribution is 7.98. The summed E-state index contributed by atoms with van der Waals surface area (Å²) in [6.07, 6.45) is 7.55. The molecule has 25 heavy (non-hydrogen) atoms. The van der Waals surface area contributed by atoms with Crippen LogP contribution in [0.3, 0.4) is 0 Å². The molecule has 2 N–H and O–H groups in total. The van der Waals surface area contributed by atoms with E-state index in [1.165, 1.54) is 0 Å². The van der Waals surface area contributed by atoms with Crippen LogP contribution in [0.15, 0.2) is 28.6 Å². The van der Waals surface area contributed by atoms with Crippen LogP contribution >= 0.6 is 11.8 Å². The molecule has 0 bridgehead atoms. The first-order valence-electron chi connectivity index (χ1n) is 8.08. The Morgan fingerprint density at radius 2 is 2.12 bits per heavy atom. The van der Waals surface area contributed by atoms with Gasteiger partial charge in [0.15, 0.2) is 5.82 Å². The molecule has 1 aromatic heterocycles. The molecule has 0 aromatic carbocycles. The van der Waals surface area contributed by atoms with E-state index in [1.807, 2.05) is 26.2 Å². The average Bonchev–Trinajstić information content (AvgIpc) is 2.97. The molecular weight excluding hydrogens is 340 g/mol. The van der Waals surface area contributed by atoms with Gasteiger partial charge in [0.25, 0.3) is 6.20 Å². The summed E-state index contributed by atoms with van der Waals surface area (Å²) >= 11 is 1.71. The fraction of sp³-hybridized carbons (Fsp3) is 0.529. The first-order valence-corrected chi connectivity index (χ1v) is 9.23. The summed E-state index contributed by atoms with van der Waals surface area (Å²) in [5, 5.41) is 16.7. The summed E-state index contributed by atoms with van der Waals surface area (Å²) < 4.78 is 5.74. The molecule has 0 spiro atoms. The van der Waals surface area contributed by atoms with Crippen LogP contribution in [0.1, 0.15) is 24.4 Å². The first-order chi connectivity index (χ1) is 12.0. The lowest BCUT2D eigenvalue weighted by Gasteiger charge is -2.10. The van der Waals surface area contributed by atoms with Gasteiger partial charge >= 0.3 is 0 Å². The van der Waals surface area contributed by atoms with Crippen LogP contribution in [0.2, 0.25) is 0 Å². The van der Waals surface area contributed by atoms with E-state index < -0.39 is 4.92 Å². The van der Waals surface area contributed by atoms with Crippen LogP contribution < -0.4 is 10.6 Å². The molecule has 0 aliphatic heterocycles. The van der Waals surface area contributed by atoms with Gasteiger partial charge in [-0.25, -0.2) is 0 Å². The minimum Gasteiger partial charge on any atom is -0.464 e. The van der Waals surface area contributed by atoms with Crippen LogP contribution in [0.5, 0.6) is 0 Å². The van der Waals surface area contributed by atoms with Gasteiger partial charge in [-0.15, -0.1) is 12.3 Å². The highest BCUT2D eigenvalue weighted by Gasteiger charge is 2.04. The molecule has 8 heteroatoms. The van der Waals surface area contributed by atoms with Crippen molar-refractivity contribution in [2.45, 2.75) is 25.1 Å². The van der Waals surface area contributed by atoms with Crippen LogP contribution in [0, 0.1) is 22.5 Å². The third-order valence-electron chi connectivity index (χ3n) is 3.04. The fourth-order valence-electron chi connectivity index (χ4n) is 2.00. The van der Waals surface area contributed by atoms with Crippen molar-refractivity contribution < 1.29 is 9.34 Å². The van der Waals surface area contributed by atoms with Crippen LogP contribution in [-0.4, -0.2) is 42.8 Å². The highest BCUT2D eigenvalue weighted by Crippen LogP contribution is 2.15. The van der Waals surface area contributed by atoms with Crippen molar-refractivity contribution >= 4 is 11.8 Å². The second-order valence-electron chi connectivity index (χ2n) is 5.65. The molecule has 7 nitrogen and oxygen atoms in total. The number of nitrogens with one attached hydrogen (secondary N) is 2. The molecule has 0 radical (unpaired) electrons. The monoisotopic (exact) mass is 366 g/mol. The maximum atomic E-state index is 10.6. The number of rotatable bonds is 13. The molecule has 0 aliphatic carbocycles. The Morgan fingerprint density at radius 3 is 2.80 bits per heavy atom. The van der Waals surface area contributed by atoms with E-state index in [9.17, 15) is 10.1 Å². The quantitative estimate of drug-likeness (QED) is 0.240. The van der Waals surface area contributed by atoms with E-state index in [0.717, 1.165) is 42.2 Å². The van der Waals surface area contributed by atoms with Crippen molar-refractivity contribution in [1.29, 1.82) is 0 Å². The van der Waals surface area contributed by atoms with E-state index in [2.05, 4.69) is 21.5 Å². The molecule has 0 amide bonds. The van der Waals surface area contributed by atoms with E-state index >= 15 is 0 Å². The lowest BCUT2D eigenvalue weighted by Crippen LogP contribution is -2.29. The normalized spacial score (nSPS) is 11.4. The van der Waals surface area contributed by atoms with E-state index in [4.69, 9.17) is 10.8 Å². The minimum atomic E-state index is -0.473. The lowest BCUT2D eigenvalue weighted by molar-refractivity contribution is -0.404. The maximum absolute atomic E-state index is 10.6. The van der Waals surface area contributed by atoms with Gasteiger partial charge in [-0.3, -0.25) is 10.1 Å². The molecule has 0 unspecified atom stereocenters. The number of unbranched alkanes of at least 4 members (excludes halogenated alkanes) is 1. The molecular formula is C17H26N4O3S. The van der Waals surface area contributed by atoms with Crippen molar-refractivity contribution in [1.82, 2.24) is 15.5 Å². The Hall–Kier alpha value is -2.11. The predicted molar refractivity (Wildman–Crippen MR) is 101 cm³/mol. The van der Waals surface area contributed by atoms with E-state index in [-0.39, 0.29) is 0 Å².